The topological polar surface area (TPSA) is 130 Å². The van der Waals surface area contributed by atoms with Gasteiger partial charge in [-0.05, 0) is 36.8 Å². The molecule has 1 spiro atoms. The molecule has 1 saturated carbocycles. The van der Waals surface area contributed by atoms with Gasteiger partial charge in [0, 0.05) is 40.9 Å². The number of aliphatic imine (C=N–C) groups is 1. The summed E-state index contributed by atoms with van der Waals surface area (Å²) in [5.41, 5.74) is 0.900. The first-order valence-corrected chi connectivity index (χ1v) is 14.9. The van der Waals surface area contributed by atoms with Crippen LogP contribution in [0.15, 0.2) is 46.0 Å². The minimum absolute atomic E-state index is 0.0634. The van der Waals surface area contributed by atoms with Crippen LogP contribution in [0.4, 0.5) is 4.39 Å². The molecule has 1 aromatic heterocycles. The number of sulfonamides is 1. The number of benzene rings is 1. The lowest BCUT2D eigenvalue weighted by molar-refractivity contribution is -0.136. The number of aromatic nitrogens is 1. The van der Waals surface area contributed by atoms with Gasteiger partial charge in [0.05, 0.1) is 25.0 Å². The molecule has 1 amide bonds. The SMILES string of the molecule is COC(=O)C1=C(CN2CC3(CC3)C[C@H]2C(=O)NS(C)(=O)=O)NC(c2nccs2)=NC1c1ccc(F)cc1Cl. The van der Waals surface area contributed by atoms with Gasteiger partial charge >= 0.3 is 5.97 Å². The van der Waals surface area contributed by atoms with E-state index < -0.39 is 39.8 Å². The van der Waals surface area contributed by atoms with Gasteiger partial charge in [-0.1, -0.05) is 17.7 Å². The number of hydrogen-bond acceptors (Lipinski definition) is 10. The summed E-state index contributed by atoms with van der Waals surface area (Å²) in [6.07, 6.45) is 4.93. The fourth-order valence-corrected chi connectivity index (χ4v) is 6.39. The molecule has 1 aromatic carbocycles. The van der Waals surface area contributed by atoms with Crippen LogP contribution in [0, 0.1) is 11.2 Å². The van der Waals surface area contributed by atoms with Crippen molar-refractivity contribution in [3.05, 3.63) is 62.5 Å². The monoisotopic (exact) mass is 581 g/mol. The lowest BCUT2D eigenvalue weighted by Crippen LogP contribution is -2.47. The lowest BCUT2D eigenvalue weighted by Gasteiger charge is -2.31. The Hall–Kier alpha value is -2.87. The highest BCUT2D eigenvalue weighted by Crippen LogP contribution is 2.55. The van der Waals surface area contributed by atoms with E-state index in [-0.39, 0.29) is 22.6 Å². The highest BCUT2D eigenvalue weighted by atomic mass is 35.5. The van der Waals surface area contributed by atoms with E-state index in [2.05, 4.69) is 15.0 Å². The van der Waals surface area contributed by atoms with Crippen LogP contribution in [0.25, 0.3) is 0 Å². The molecule has 3 aliphatic rings. The summed E-state index contributed by atoms with van der Waals surface area (Å²) in [7, 11) is -2.51. The predicted octanol–water partition coefficient (Wildman–Crippen LogP) is 2.38. The zero-order valence-corrected chi connectivity index (χ0v) is 22.9. The molecule has 1 aliphatic carbocycles. The number of rotatable bonds is 7. The summed E-state index contributed by atoms with van der Waals surface area (Å²) in [4.78, 5) is 37.0. The number of nitrogens with zero attached hydrogens (tertiary/aromatic N) is 3. The number of thiazole rings is 1. The number of carbonyl (C=O) groups is 2. The van der Waals surface area contributed by atoms with Crippen molar-refractivity contribution in [1.29, 1.82) is 0 Å². The molecule has 2 aromatic rings. The van der Waals surface area contributed by atoms with Crippen molar-refractivity contribution in [2.75, 3.05) is 26.5 Å². The molecule has 1 unspecified atom stereocenters. The predicted molar refractivity (Wildman–Crippen MR) is 140 cm³/mol. The number of methoxy groups -OCH3 is 1. The Morgan fingerprint density at radius 1 is 1.37 bits per heavy atom. The average Bonchev–Trinajstić information content (AvgIpc) is 3.23. The third kappa shape index (κ3) is 5.46. The number of likely N-dealkylation sites (tertiary alicyclic amines) is 1. The van der Waals surface area contributed by atoms with Crippen molar-refractivity contribution in [3.8, 4) is 0 Å². The van der Waals surface area contributed by atoms with Gasteiger partial charge in [-0.2, -0.15) is 0 Å². The molecule has 2 atom stereocenters. The summed E-state index contributed by atoms with van der Waals surface area (Å²) in [6, 6.07) is 2.20. The van der Waals surface area contributed by atoms with Gasteiger partial charge < -0.3 is 10.1 Å². The number of hydrogen-bond donors (Lipinski definition) is 2. The number of halogens is 2. The molecular weight excluding hydrogens is 557 g/mol. The summed E-state index contributed by atoms with van der Waals surface area (Å²) in [5.74, 6) is -1.44. The number of nitrogens with one attached hydrogen (secondary N) is 2. The second kappa shape index (κ2) is 10.0. The summed E-state index contributed by atoms with van der Waals surface area (Å²) in [6.45, 7) is 0.661. The zero-order chi connectivity index (χ0) is 27.2. The van der Waals surface area contributed by atoms with Crippen LogP contribution in [-0.2, 0) is 24.3 Å². The van der Waals surface area contributed by atoms with Crippen LogP contribution in [0.3, 0.4) is 0 Å². The molecule has 38 heavy (non-hydrogen) atoms. The molecule has 10 nitrogen and oxygen atoms in total. The molecule has 1 saturated heterocycles. The molecule has 3 heterocycles. The van der Waals surface area contributed by atoms with Gasteiger partial charge in [0.2, 0.25) is 10.0 Å². The van der Waals surface area contributed by atoms with Crippen molar-refractivity contribution in [2.45, 2.75) is 31.3 Å². The van der Waals surface area contributed by atoms with Crippen LogP contribution < -0.4 is 10.0 Å². The van der Waals surface area contributed by atoms with Gasteiger partial charge in [0.1, 0.15) is 11.9 Å². The van der Waals surface area contributed by atoms with Gasteiger partial charge in [0.15, 0.2) is 10.8 Å². The van der Waals surface area contributed by atoms with Crippen LogP contribution in [0.1, 0.15) is 35.9 Å². The number of esters is 1. The number of ether oxygens (including phenoxy) is 1. The maximum Gasteiger partial charge on any atom is 0.338 e. The zero-order valence-electron chi connectivity index (χ0n) is 20.5. The van der Waals surface area contributed by atoms with Crippen LogP contribution in [0.5, 0.6) is 0 Å². The van der Waals surface area contributed by atoms with Crippen LogP contribution in [-0.4, -0.2) is 68.5 Å². The van der Waals surface area contributed by atoms with Gasteiger partial charge in [0.25, 0.3) is 5.91 Å². The van der Waals surface area contributed by atoms with Crippen LogP contribution >= 0.6 is 22.9 Å². The van der Waals surface area contributed by atoms with E-state index in [0.29, 0.717) is 35.1 Å². The summed E-state index contributed by atoms with van der Waals surface area (Å²) >= 11 is 7.74. The Kier molecular flexibility index (Phi) is 7.05. The molecule has 5 rings (SSSR count). The Labute approximate surface area is 228 Å². The van der Waals surface area contributed by atoms with E-state index in [0.717, 1.165) is 25.2 Å². The minimum Gasteiger partial charge on any atom is -0.466 e. The van der Waals surface area contributed by atoms with E-state index in [1.165, 1.54) is 30.6 Å². The Morgan fingerprint density at radius 2 is 2.13 bits per heavy atom. The Balaban J connectivity index is 1.58. The standard InChI is InChI=1S/C24H25ClFN5O5S2/c1-36-23(33)18-16(11-31-12-24(5-6-24)10-17(31)21(32)30-38(2,34)35)28-20(22-27-7-8-37-22)29-19(18)14-4-3-13(26)9-15(14)25/h3-4,7-9,17,19H,5-6,10-12H2,1-2H3,(H,28,29)(H,30,32)/t17-,19?/m0/s1. The van der Waals surface area contributed by atoms with Crippen molar-refractivity contribution in [1.82, 2.24) is 19.9 Å². The van der Waals surface area contributed by atoms with Crippen molar-refractivity contribution in [3.63, 3.8) is 0 Å². The Bertz CT molecular complexity index is 1460. The highest BCUT2D eigenvalue weighted by molar-refractivity contribution is 7.89. The highest BCUT2D eigenvalue weighted by Gasteiger charge is 2.54. The summed E-state index contributed by atoms with van der Waals surface area (Å²) < 4.78 is 44.6. The fourth-order valence-electron chi connectivity index (χ4n) is 5.03. The molecule has 14 heteroatoms. The van der Waals surface area contributed by atoms with E-state index in [1.54, 1.807) is 11.6 Å². The maximum absolute atomic E-state index is 13.9. The second-order valence-electron chi connectivity index (χ2n) is 9.76. The lowest BCUT2D eigenvalue weighted by atomic mass is 9.95. The van der Waals surface area contributed by atoms with E-state index in [9.17, 15) is 22.4 Å². The van der Waals surface area contributed by atoms with E-state index in [1.807, 2.05) is 4.90 Å². The van der Waals surface area contributed by atoms with Gasteiger partial charge in [-0.3, -0.25) is 19.4 Å². The number of carbonyl (C=O) groups excluding carboxylic acids is 2. The van der Waals surface area contributed by atoms with E-state index in [4.69, 9.17) is 21.3 Å². The quantitative estimate of drug-likeness (QED) is 0.477. The van der Waals surface area contributed by atoms with Crippen molar-refractivity contribution >= 4 is 50.7 Å². The molecule has 2 aliphatic heterocycles. The van der Waals surface area contributed by atoms with Crippen molar-refractivity contribution < 1.29 is 27.1 Å². The van der Waals surface area contributed by atoms with Gasteiger partial charge in [-0.15, -0.1) is 11.3 Å². The van der Waals surface area contributed by atoms with Crippen molar-refractivity contribution in [2.24, 2.45) is 10.4 Å². The largest absolute Gasteiger partial charge is 0.466 e. The number of amides is 1. The summed E-state index contributed by atoms with van der Waals surface area (Å²) in [5, 5.41) is 5.62. The smallest absolute Gasteiger partial charge is 0.338 e. The number of amidine groups is 1. The van der Waals surface area contributed by atoms with Crippen LogP contribution in [0.2, 0.25) is 5.02 Å². The van der Waals surface area contributed by atoms with E-state index >= 15 is 0 Å². The average molecular weight is 582 g/mol. The first-order valence-electron chi connectivity index (χ1n) is 11.8. The second-order valence-corrected chi connectivity index (χ2v) is 12.8. The molecule has 202 valence electrons. The third-order valence-corrected chi connectivity index (χ3v) is 8.62. The molecular formula is C24H25ClFN5O5S2. The van der Waals surface area contributed by atoms with Gasteiger partial charge in [-0.25, -0.2) is 22.6 Å². The minimum atomic E-state index is -3.75. The first kappa shape index (κ1) is 26.7. The normalized spacial score (nSPS) is 22.7. The third-order valence-electron chi connectivity index (χ3n) is 6.94. The Morgan fingerprint density at radius 3 is 2.74 bits per heavy atom. The molecule has 2 fully saturated rings. The molecule has 2 N–H and O–H groups in total. The first-order chi connectivity index (χ1) is 18.0. The molecule has 0 bridgehead atoms. The maximum atomic E-state index is 13.9. The molecule has 0 radical (unpaired) electrons. The fraction of sp³-hybridized carbons (Fsp3) is 0.417.